The van der Waals surface area contributed by atoms with E-state index in [1.54, 1.807) is 26.5 Å². The maximum Gasteiger partial charge on any atom is 0.415 e. The second kappa shape index (κ2) is 6.67. The maximum absolute atomic E-state index is 12.5. The molecule has 7 nitrogen and oxygen atoms in total. The number of hydrogen-bond donors (Lipinski definition) is 1. The predicted octanol–water partition coefficient (Wildman–Crippen LogP) is 0.826. The Morgan fingerprint density at radius 1 is 1.12 bits per heavy atom. The number of nitrogens with one attached hydrogen (secondary N) is 2. The number of benzene rings is 1. The Kier molecular flexibility index (Phi) is 4.43. The monoisotopic (exact) mass is 328 g/mol. The van der Waals surface area contributed by atoms with E-state index >= 15 is 0 Å². The van der Waals surface area contributed by atoms with Gasteiger partial charge in [-0.1, -0.05) is 18.2 Å². The molecule has 1 aromatic carbocycles. The Balaban J connectivity index is 2.35. The van der Waals surface area contributed by atoms with Crippen LogP contribution in [0.1, 0.15) is 0 Å². The smallest absolute Gasteiger partial charge is 0.415 e. The molecule has 3 rings (SSSR count). The number of para-hydroxylation sites is 1. The van der Waals surface area contributed by atoms with E-state index in [2.05, 4.69) is 9.97 Å². The van der Waals surface area contributed by atoms with E-state index in [1.807, 2.05) is 24.3 Å². The van der Waals surface area contributed by atoms with Gasteiger partial charge in [0.1, 0.15) is 17.7 Å². The Bertz CT molecular complexity index is 991. The molecule has 0 aliphatic rings. The average Bonchev–Trinajstić information content (AvgIpc) is 2.61. The summed E-state index contributed by atoms with van der Waals surface area (Å²) in [5, 5.41) is 0.401. The van der Waals surface area contributed by atoms with E-state index in [9.17, 15) is 9.59 Å². The number of rotatable bonds is 5. The van der Waals surface area contributed by atoms with Crippen LogP contribution in [0.5, 0.6) is 5.75 Å². The molecule has 0 aliphatic carbocycles. The molecule has 0 radical (unpaired) electrons. The lowest BCUT2D eigenvalue weighted by molar-refractivity contribution is -0.349. The molecule has 0 fully saturated rings. The van der Waals surface area contributed by atoms with Gasteiger partial charge >= 0.3 is 5.69 Å². The molecule has 2 aromatic heterocycles. The number of pyridine rings is 1. The summed E-state index contributed by atoms with van der Waals surface area (Å²) >= 11 is 0. The normalized spacial score (nSPS) is 10.9. The fourth-order valence-electron chi connectivity index (χ4n) is 2.75. The minimum Gasteiger partial charge on any atom is -0.496 e. The van der Waals surface area contributed by atoms with Gasteiger partial charge in [0.05, 0.1) is 19.9 Å². The molecule has 0 amide bonds. The first-order chi connectivity index (χ1) is 11.7. The third kappa shape index (κ3) is 2.69. The van der Waals surface area contributed by atoms with Crippen LogP contribution in [0.15, 0.2) is 46.1 Å². The van der Waals surface area contributed by atoms with Crippen molar-refractivity contribution in [2.24, 2.45) is 0 Å². The number of hydrogen-bond acceptors (Lipinski definition) is 4. The van der Waals surface area contributed by atoms with Crippen molar-refractivity contribution in [1.82, 2.24) is 9.55 Å². The van der Waals surface area contributed by atoms with E-state index < -0.39 is 11.2 Å². The van der Waals surface area contributed by atoms with E-state index in [0.29, 0.717) is 35.5 Å². The fraction of sp³-hybridized carbons (Fsp3) is 0.235. The summed E-state index contributed by atoms with van der Waals surface area (Å²) in [6.45, 7) is 0.683. The highest BCUT2D eigenvalue weighted by molar-refractivity contribution is 5.92. The summed E-state index contributed by atoms with van der Waals surface area (Å²) in [4.78, 5) is 30.0. The summed E-state index contributed by atoms with van der Waals surface area (Å²) < 4.78 is 11.9. The first-order valence-corrected chi connectivity index (χ1v) is 7.47. The van der Waals surface area contributed by atoms with Crippen molar-refractivity contribution in [3.05, 3.63) is 57.4 Å². The van der Waals surface area contributed by atoms with Gasteiger partial charge in [-0.15, -0.1) is 0 Å². The van der Waals surface area contributed by atoms with Gasteiger partial charge in [0, 0.05) is 18.2 Å². The SMILES string of the molecule is COCCn1c(=O)[nH]c(=O)c2c(-c3ccccc3OC)cc[nH+]c21. The van der Waals surface area contributed by atoms with Gasteiger partial charge in [-0.25, -0.2) is 9.78 Å². The van der Waals surface area contributed by atoms with Crippen molar-refractivity contribution in [3.8, 4) is 16.9 Å². The molecule has 0 bridgehead atoms. The zero-order valence-corrected chi connectivity index (χ0v) is 13.5. The van der Waals surface area contributed by atoms with Crippen LogP contribution in [0.4, 0.5) is 0 Å². The highest BCUT2D eigenvalue weighted by atomic mass is 16.5. The van der Waals surface area contributed by atoms with E-state index in [1.165, 1.54) is 4.57 Å². The molecule has 2 heterocycles. The highest BCUT2D eigenvalue weighted by Gasteiger charge is 2.20. The topological polar surface area (TPSA) is 87.5 Å². The van der Waals surface area contributed by atoms with Gasteiger partial charge in [-0.2, -0.15) is 4.57 Å². The number of nitrogens with zero attached hydrogens (tertiary/aromatic N) is 1. The lowest BCUT2D eigenvalue weighted by Crippen LogP contribution is -2.34. The first kappa shape index (κ1) is 15.9. The lowest BCUT2D eigenvalue weighted by atomic mass is 10.0. The largest absolute Gasteiger partial charge is 0.496 e. The lowest BCUT2D eigenvalue weighted by Gasteiger charge is -2.10. The first-order valence-electron chi connectivity index (χ1n) is 7.47. The number of H-pyrrole nitrogens is 2. The number of methoxy groups -OCH3 is 2. The zero-order valence-electron chi connectivity index (χ0n) is 13.5. The molecule has 0 saturated heterocycles. The van der Waals surface area contributed by atoms with Gasteiger partial charge in [0.15, 0.2) is 0 Å². The molecule has 0 saturated carbocycles. The van der Waals surface area contributed by atoms with E-state index in [-0.39, 0.29) is 0 Å². The number of ether oxygens (including phenoxy) is 2. The van der Waals surface area contributed by atoms with Gasteiger partial charge < -0.3 is 9.47 Å². The second-order valence-electron chi connectivity index (χ2n) is 5.22. The van der Waals surface area contributed by atoms with Crippen molar-refractivity contribution >= 4 is 11.0 Å². The van der Waals surface area contributed by atoms with E-state index in [4.69, 9.17) is 9.47 Å². The predicted molar refractivity (Wildman–Crippen MR) is 89.2 cm³/mol. The molecular formula is C17H18N3O4+. The molecule has 0 spiro atoms. The molecule has 0 atom stereocenters. The van der Waals surface area contributed by atoms with Crippen molar-refractivity contribution < 1.29 is 14.5 Å². The summed E-state index contributed by atoms with van der Waals surface area (Å²) in [6, 6.07) is 9.22. The third-order valence-electron chi connectivity index (χ3n) is 3.85. The Hall–Kier alpha value is -2.93. The Morgan fingerprint density at radius 2 is 1.92 bits per heavy atom. The van der Waals surface area contributed by atoms with E-state index in [0.717, 1.165) is 5.56 Å². The van der Waals surface area contributed by atoms with Crippen molar-refractivity contribution in [1.29, 1.82) is 0 Å². The average molecular weight is 328 g/mol. The molecule has 0 unspecified atom stereocenters. The van der Waals surface area contributed by atoms with Gasteiger partial charge in [0.25, 0.3) is 11.2 Å². The summed E-state index contributed by atoms with van der Waals surface area (Å²) in [7, 11) is 3.14. The summed E-state index contributed by atoms with van der Waals surface area (Å²) in [5.74, 6) is 0.652. The quantitative estimate of drug-likeness (QED) is 0.751. The van der Waals surface area contributed by atoms with Crippen molar-refractivity contribution in [2.45, 2.75) is 6.54 Å². The van der Waals surface area contributed by atoms with Crippen LogP contribution in [0.3, 0.4) is 0 Å². The van der Waals surface area contributed by atoms with Crippen molar-refractivity contribution in [2.75, 3.05) is 20.8 Å². The Labute approximate surface area is 137 Å². The summed E-state index contributed by atoms with van der Waals surface area (Å²) in [6.07, 6.45) is 1.70. The van der Waals surface area contributed by atoms with Crippen LogP contribution in [-0.4, -0.2) is 30.4 Å². The number of aromatic amines is 2. The van der Waals surface area contributed by atoms with Gasteiger partial charge in [0.2, 0.25) is 0 Å². The second-order valence-corrected chi connectivity index (χ2v) is 5.22. The molecular weight excluding hydrogens is 310 g/mol. The highest BCUT2D eigenvalue weighted by Crippen LogP contribution is 2.31. The van der Waals surface area contributed by atoms with Gasteiger partial charge in [-0.3, -0.25) is 9.78 Å². The van der Waals surface area contributed by atoms with Crippen LogP contribution in [0.25, 0.3) is 22.2 Å². The fourth-order valence-corrected chi connectivity index (χ4v) is 2.75. The minimum absolute atomic E-state index is 0.328. The molecule has 3 aromatic rings. The molecule has 0 aliphatic heterocycles. The van der Waals surface area contributed by atoms with Crippen LogP contribution in [0, 0.1) is 0 Å². The zero-order chi connectivity index (χ0) is 17.1. The summed E-state index contributed by atoms with van der Waals surface area (Å²) in [5.41, 5.74) is 0.999. The van der Waals surface area contributed by atoms with Crippen LogP contribution < -0.4 is 21.0 Å². The Morgan fingerprint density at radius 3 is 2.67 bits per heavy atom. The van der Waals surface area contributed by atoms with Crippen LogP contribution >= 0.6 is 0 Å². The van der Waals surface area contributed by atoms with Crippen molar-refractivity contribution in [3.63, 3.8) is 0 Å². The molecule has 2 N–H and O–H groups in total. The minimum atomic E-state index is -0.474. The third-order valence-corrected chi connectivity index (χ3v) is 3.85. The molecule has 24 heavy (non-hydrogen) atoms. The van der Waals surface area contributed by atoms with Gasteiger partial charge in [-0.05, 0) is 12.1 Å². The maximum atomic E-state index is 12.5. The van der Waals surface area contributed by atoms with Crippen LogP contribution in [0.2, 0.25) is 0 Å². The molecule has 124 valence electrons. The molecule has 7 heteroatoms. The number of aromatic nitrogens is 3. The van der Waals surface area contributed by atoms with Crippen LogP contribution in [-0.2, 0) is 11.3 Å². The number of fused-ring (bicyclic) bond motifs is 1. The standard InChI is InChI=1S/C17H17N3O4/c1-23-10-9-20-15-14(16(21)19-17(20)22)12(7-8-18-15)11-5-3-4-6-13(11)24-2/h3-8H,9-10H2,1-2H3,(H,19,21,22)/p+1.